The first-order chi connectivity index (χ1) is 12.0. The zero-order chi connectivity index (χ0) is 17.9. The normalized spacial score (nSPS) is 11.8. The van der Waals surface area contributed by atoms with Crippen molar-refractivity contribution in [2.24, 2.45) is 0 Å². The third kappa shape index (κ3) is 4.31. The minimum absolute atomic E-state index is 0.158. The second-order valence-corrected chi connectivity index (χ2v) is 8.60. The highest BCUT2D eigenvalue weighted by molar-refractivity contribution is 7.89. The number of hydrogen-bond acceptors (Lipinski definition) is 5. The fourth-order valence-corrected chi connectivity index (χ4v) is 4.10. The third-order valence-electron chi connectivity index (χ3n) is 3.75. The summed E-state index contributed by atoms with van der Waals surface area (Å²) in [6.45, 7) is 4.30. The Balaban J connectivity index is 1.69. The number of rotatable bonds is 6. The predicted octanol–water partition coefficient (Wildman–Crippen LogP) is 3.81. The van der Waals surface area contributed by atoms with Gasteiger partial charge < -0.3 is 0 Å². The number of nitrogens with zero attached hydrogens (tertiary/aromatic N) is 2. The highest BCUT2D eigenvalue weighted by Gasteiger charge is 2.15. The van der Waals surface area contributed by atoms with E-state index in [1.54, 1.807) is 18.3 Å². The first-order valence-corrected chi connectivity index (χ1v) is 10.3. The van der Waals surface area contributed by atoms with E-state index in [0.717, 1.165) is 17.0 Å². The van der Waals surface area contributed by atoms with Crippen molar-refractivity contribution in [3.8, 4) is 11.4 Å². The van der Waals surface area contributed by atoms with Crippen molar-refractivity contribution in [2.75, 3.05) is 0 Å². The van der Waals surface area contributed by atoms with Gasteiger partial charge in [-0.05, 0) is 35.7 Å². The lowest BCUT2D eigenvalue weighted by molar-refractivity contribution is 0.581. The van der Waals surface area contributed by atoms with Crippen LogP contribution < -0.4 is 4.72 Å². The molecule has 0 aliphatic rings. The summed E-state index contributed by atoms with van der Waals surface area (Å²) in [6.07, 6.45) is 1.71. The van der Waals surface area contributed by atoms with Gasteiger partial charge in [-0.3, -0.25) is 4.98 Å². The molecule has 1 N–H and O–H groups in total. The van der Waals surface area contributed by atoms with Gasteiger partial charge in [-0.15, -0.1) is 11.3 Å². The molecule has 1 aromatic carbocycles. The van der Waals surface area contributed by atoms with Gasteiger partial charge in [0.25, 0.3) is 0 Å². The number of sulfonamides is 1. The number of nitrogens with one attached hydrogen (secondary N) is 1. The van der Waals surface area contributed by atoms with Gasteiger partial charge in [0.1, 0.15) is 5.01 Å². The first kappa shape index (κ1) is 17.7. The molecule has 0 bridgehead atoms. The number of benzene rings is 1. The second-order valence-electron chi connectivity index (χ2n) is 5.89. The predicted molar refractivity (Wildman–Crippen MR) is 99.9 cm³/mol. The van der Waals surface area contributed by atoms with Crippen molar-refractivity contribution in [1.29, 1.82) is 0 Å². The summed E-state index contributed by atoms with van der Waals surface area (Å²) >= 11 is 1.41. The van der Waals surface area contributed by atoms with Crippen LogP contribution >= 0.6 is 11.3 Å². The lowest BCUT2D eigenvalue weighted by atomic mass is 10.0. The van der Waals surface area contributed by atoms with Crippen LogP contribution in [-0.4, -0.2) is 18.4 Å². The Labute approximate surface area is 151 Å². The van der Waals surface area contributed by atoms with E-state index in [1.807, 2.05) is 35.7 Å². The Morgan fingerprint density at radius 2 is 1.84 bits per heavy atom. The highest BCUT2D eigenvalue weighted by Crippen LogP contribution is 2.21. The number of hydrogen-bond donors (Lipinski definition) is 1. The maximum atomic E-state index is 12.4. The average Bonchev–Trinajstić information content (AvgIpc) is 3.10. The van der Waals surface area contributed by atoms with Crippen LogP contribution in [0.2, 0.25) is 0 Å². The molecule has 5 nitrogen and oxygen atoms in total. The van der Waals surface area contributed by atoms with E-state index in [9.17, 15) is 8.42 Å². The van der Waals surface area contributed by atoms with Crippen LogP contribution in [0.3, 0.4) is 0 Å². The zero-order valence-corrected chi connectivity index (χ0v) is 15.6. The Morgan fingerprint density at radius 1 is 1.08 bits per heavy atom. The molecule has 3 aromatic rings. The van der Waals surface area contributed by atoms with Crippen molar-refractivity contribution in [1.82, 2.24) is 14.7 Å². The number of pyridine rings is 1. The Bertz CT molecular complexity index is 934. The topological polar surface area (TPSA) is 72.0 Å². The summed E-state index contributed by atoms with van der Waals surface area (Å²) in [6, 6.07) is 12.6. The molecule has 0 spiro atoms. The molecule has 3 rings (SSSR count). The molecular weight excluding hydrogens is 354 g/mol. The highest BCUT2D eigenvalue weighted by atomic mass is 32.2. The summed E-state index contributed by atoms with van der Waals surface area (Å²) in [5.41, 5.74) is 2.64. The van der Waals surface area contributed by atoms with Crippen molar-refractivity contribution in [2.45, 2.75) is 31.2 Å². The minimum atomic E-state index is -3.56. The Hall–Kier alpha value is -2.09. The van der Waals surface area contributed by atoms with E-state index in [2.05, 4.69) is 28.5 Å². The maximum absolute atomic E-state index is 12.4. The van der Waals surface area contributed by atoms with E-state index in [-0.39, 0.29) is 11.4 Å². The molecular formula is C18H19N3O2S2. The molecule has 2 aromatic heterocycles. The molecule has 7 heteroatoms. The van der Waals surface area contributed by atoms with Gasteiger partial charge in [-0.2, -0.15) is 0 Å². The molecule has 0 aliphatic heterocycles. The van der Waals surface area contributed by atoms with Crippen LogP contribution in [0, 0.1) is 0 Å². The SMILES string of the molecule is CC(C)c1ccc(S(=O)(=O)NCc2nc(-c3ccccn3)cs2)cc1. The monoisotopic (exact) mass is 373 g/mol. The van der Waals surface area contributed by atoms with E-state index in [1.165, 1.54) is 11.3 Å². The van der Waals surface area contributed by atoms with Gasteiger partial charge in [0.15, 0.2) is 0 Å². The van der Waals surface area contributed by atoms with Gasteiger partial charge in [-0.1, -0.05) is 32.0 Å². The fourth-order valence-electron chi connectivity index (χ4n) is 2.30. The summed E-state index contributed by atoms with van der Waals surface area (Å²) in [7, 11) is -3.56. The summed E-state index contributed by atoms with van der Waals surface area (Å²) in [5, 5.41) is 2.58. The summed E-state index contributed by atoms with van der Waals surface area (Å²) < 4.78 is 27.4. The lowest BCUT2D eigenvalue weighted by Gasteiger charge is -2.08. The van der Waals surface area contributed by atoms with E-state index in [0.29, 0.717) is 10.9 Å². The first-order valence-electron chi connectivity index (χ1n) is 7.91. The molecule has 0 fully saturated rings. The second kappa shape index (κ2) is 7.43. The van der Waals surface area contributed by atoms with Crippen LogP contribution in [-0.2, 0) is 16.6 Å². The van der Waals surface area contributed by atoms with Crippen LogP contribution in [0.5, 0.6) is 0 Å². The minimum Gasteiger partial charge on any atom is -0.255 e. The summed E-state index contributed by atoms with van der Waals surface area (Å²) in [4.78, 5) is 8.95. The van der Waals surface area contributed by atoms with Crippen LogP contribution in [0.1, 0.15) is 30.3 Å². The van der Waals surface area contributed by atoms with Crippen molar-refractivity contribution >= 4 is 21.4 Å². The number of thiazole rings is 1. The maximum Gasteiger partial charge on any atom is 0.240 e. The molecule has 0 radical (unpaired) electrons. The lowest BCUT2D eigenvalue weighted by Crippen LogP contribution is -2.23. The van der Waals surface area contributed by atoms with Crippen molar-refractivity contribution in [3.05, 3.63) is 64.6 Å². The molecule has 2 heterocycles. The largest absolute Gasteiger partial charge is 0.255 e. The third-order valence-corrected chi connectivity index (χ3v) is 6.02. The molecule has 130 valence electrons. The molecule has 25 heavy (non-hydrogen) atoms. The van der Waals surface area contributed by atoms with Gasteiger partial charge in [0, 0.05) is 11.6 Å². The Morgan fingerprint density at radius 3 is 2.48 bits per heavy atom. The van der Waals surface area contributed by atoms with Crippen molar-refractivity contribution < 1.29 is 8.42 Å². The molecule has 0 saturated carbocycles. The van der Waals surface area contributed by atoms with Crippen molar-refractivity contribution in [3.63, 3.8) is 0 Å². The smallest absolute Gasteiger partial charge is 0.240 e. The van der Waals surface area contributed by atoms with Gasteiger partial charge in [0.2, 0.25) is 10.0 Å². The van der Waals surface area contributed by atoms with E-state index in [4.69, 9.17) is 0 Å². The van der Waals surface area contributed by atoms with Gasteiger partial charge in [-0.25, -0.2) is 18.1 Å². The molecule has 0 aliphatic carbocycles. The molecule has 0 unspecified atom stereocenters. The van der Waals surface area contributed by atoms with Crippen LogP contribution in [0.25, 0.3) is 11.4 Å². The number of aromatic nitrogens is 2. The Kier molecular flexibility index (Phi) is 5.27. The standard InChI is InChI=1S/C18H19N3O2S2/c1-13(2)14-6-8-15(9-7-14)25(22,23)20-11-18-21-17(12-24-18)16-5-3-4-10-19-16/h3-10,12-13,20H,11H2,1-2H3. The fraction of sp³-hybridized carbons (Fsp3) is 0.222. The quantitative estimate of drug-likeness (QED) is 0.713. The van der Waals surface area contributed by atoms with Gasteiger partial charge in [0.05, 0.1) is 22.8 Å². The molecule has 0 amide bonds. The van der Waals surface area contributed by atoms with Crippen LogP contribution in [0.4, 0.5) is 0 Å². The average molecular weight is 374 g/mol. The van der Waals surface area contributed by atoms with E-state index < -0.39 is 10.0 Å². The zero-order valence-electron chi connectivity index (χ0n) is 14.0. The summed E-state index contributed by atoms with van der Waals surface area (Å²) in [5.74, 6) is 0.366. The van der Waals surface area contributed by atoms with E-state index >= 15 is 0 Å². The van der Waals surface area contributed by atoms with Gasteiger partial charge >= 0.3 is 0 Å². The molecule has 0 atom stereocenters. The van der Waals surface area contributed by atoms with Crippen LogP contribution in [0.15, 0.2) is 58.9 Å². The molecule has 0 saturated heterocycles.